The van der Waals surface area contributed by atoms with Crippen LogP contribution in [0.1, 0.15) is 6.42 Å². The van der Waals surface area contributed by atoms with Gasteiger partial charge in [-0.15, -0.1) is 11.6 Å². The van der Waals surface area contributed by atoms with Gasteiger partial charge in [0, 0.05) is 17.3 Å². The normalized spacial score (nSPS) is 12.2. The van der Waals surface area contributed by atoms with Gasteiger partial charge in [0.1, 0.15) is 17.8 Å². The zero-order valence-corrected chi connectivity index (χ0v) is 16.4. The second-order valence-corrected chi connectivity index (χ2v) is 6.57. The zero-order valence-electron chi connectivity index (χ0n) is 14.9. The Kier molecular flexibility index (Phi) is 5.40. The first-order valence-corrected chi connectivity index (χ1v) is 9.35. The summed E-state index contributed by atoms with van der Waals surface area (Å²) in [6.07, 6.45) is 3.67. The molecular weight excluding hydrogens is 407 g/mol. The highest BCUT2D eigenvalue weighted by atomic mass is 35.5. The van der Waals surface area contributed by atoms with Crippen molar-refractivity contribution >= 4 is 45.6 Å². The van der Waals surface area contributed by atoms with Gasteiger partial charge >= 0.3 is 0 Å². The van der Waals surface area contributed by atoms with Gasteiger partial charge in [-0.25, -0.2) is 15.0 Å². The van der Waals surface area contributed by atoms with E-state index in [-0.39, 0.29) is 6.79 Å². The first-order chi connectivity index (χ1) is 13.7. The van der Waals surface area contributed by atoms with Crippen LogP contribution in [-0.4, -0.2) is 41.3 Å². The van der Waals surface area contributed by atoms with Crippen molar-refractivity contribution < 1.29 is 18.9 Å². The van der Waals surface area contributed by atoms with Crippen molar-refractivity contribution in [1.29, 1.82) is 0 Å². The standard InChI is InChI=1S/C18H16Cl2N4O4/c1-25-13-5-10-12(6-14(13)26-4-2-3-19)22-8-23-17(10)24-15-11(20)7-21-18-16(15)27-9-28-18/h5-8H,2-4,9H2,1H3,(H,21,22,23,24). The van der Waals surface area contributed by atoms with E-state index in [0.29, 0.717) is 57.7 Å². The molecule has 0 saturated heterocycles. The number of nitrogens with one attached hydrogen (secondary N) is 1. The van der Waals surface area contributed by atoms with Gasteiger partial charge in [-0.3, -0.25) is 0 Å². The van der Waals surface area contributed by atoms with Crippen LogP contribution in [0, 0.1) is 0 Å². The molecule has 0 bridgehead atoms. The van der Waals surface area contributed by atoms with Gasteiger partial charge in [-0.1, -0.05) is 11.6 Å². The zero-order chi connectivity index (χ0) is 19.5. The predicted molar refractivity (Wildman–Crippen MR) is 106 cm³/mol. The van der Waals surface area contributed by atoms with Crippen molar-refractivity contribution in [3.63, 3.8) is 0 Å². The Balaban J connectivity index is 1.74. The highest BCUT2D eigenvalue weighted by molar-refractivity contribution is 6.33. The Hall–Kier alpha value is -2.71. The summed E-state index contributed by atoms with van der Waals surface area (Å²) in [6, 6.07) is 3.60. The van der Waals surface area contributed by atoms with Crippen LogP contribution in [0.5, 0.6) is 23.1 Å². The molecule has 0 atom stereocenters. The Morgan fingerprint density at radius 3 is 2.89 bits per heavy atom. The van der Waals surface area contributed by atoms with Crippen molar-refractivity contribution in [2.24, 2.45) is 0 Å². The summed E-state index contributed by atoms with van der Waals surface area (Å²) in [5, 5.41) is 4.30. The lowest BCUT2D eigenvalue weighted by atomic mass is 10.2. The van der Waals surface area contributed by atoms with Gasteiger partial charge in [0.05, 0.1) is 30.5 Å². The summed E-state index contributed by atoms with van der Waals surface area (Å²) in [7, 11) is 1.57. The van der Waals surface area contributed by atoms with E-state index in [1.54, 1.807) is 19.2 Å². The summed E-state index contributed by atoms with van der Waals surface area (Å²) < 4.78 is 22.0. The number of ether oxygens (including phenoxy) is 4. The van der Waals surface area contributed by atoms with Gasteiger partial charge in [0.25, 0.3) is 5.88 Å². The lowest BCUT2D eigenvalue weighted by molar-refractivity contribution is 0.171. The van der Waals surface area contributed by atoms with Gasteiger partial charge in [-0.2, -0.15) is 0 Å². The third-order valence-corrected chi connectivity index (χ3v) is 4.61. The van der Waals surface area contributed by atoms with Gasteiger partial charge in [0.2, 0.25) is 12.5 Å². The Labute approximate surface area is 170 Å². The van der Waals surface area contributed by atoms with Crippen molar-refractivity contribution in [1.82, 2.24) is 15.0 Å². The third-order valence-electron chi connectivity index (χ3n) is 4.05. The molecule has 3 aromatic rings. The maximum atomic E-state index is 6.30. The van der Waals surface area contributed by atoms with Gasteiger partial charge < -0.3 is 24.3 Å². The quantitative estimate of drug-likeness (QED) is 0.448. The van der Waals surface area contributed by atoms with Crippen molar-refractivity contribution in [2.45, 2.75) is 6.42 Å². The molecule has 0 aliphatic carbocycles. The van der Waals surface area contributed by atoms with Crippen LogP contribution in [0.3, 0.4) is 0 Å². The monoisotopic (exact) mass is 422 g/mol. The average molecular weight is 423 g/mol. The topological polar surface area (TPSA) is 87.6 Å². The summed E-state index contributed by atoms with van der Waals surface area (Å²) >= 11 is 12.0. The van der Waals surface area contributed by atoms with Crippen molar-refractivity contribution in [2.75, 3.05) is 31.7 Å². The van der Waals surface area contributed by atoms with Gasteiger partial charge in [0.15, 0.2) is 11.5 Å². The first-order valence-electron chi connectivity index (χ1n) is 8.44. The molecule has 1 N–H and O–H groups in total. The smallest absolute Gasteiger partial charge is 0.262 e. The van der Waals surface area contributed by atoms with E-state index in [1.165, 1.54) is 12.5 Å². The molecule has 0 amide bonds. The van der Waals surface area contributed by atoms with E-state index in [2.05, 4.69) is 20.3 Å². The number of rotatable bonds is 7. The summed E-state index contributed by atoms with van der Waals surface area (Å²) in [5.74, 6) is 3.01. The summed E-state index contributed by atoms with van der Waals surface area (Å²) in [4.78, 5) is 12.8. The Bertz CT molecular complexity index is 1020. The van der Waals surface area contributed by atoms with Crippen LogP contribution in [0.2, 0.25) is 5.02 Å². The molecule has 3 heterocycles. The fourth-order valence-corrected chi connectivity index (χ4v) is 3.03. The number of nitrogens with zero attached hydrogens (tertiary/aromatic N) is 3. The molecule has 0 spiro atoms. The fraction of sp³-hybridized carbons (Fsp3) is 0.278. The van der Waals surface area contributed by atoms with Crippen LogP contribution in [0.4, 0.5) is 11.5 Å². The lowest BCUT2D eigenvalue weighted by Gasteiger charge is -2.14. The van der Waals surface area contributed by atoms with Gasteiger partial charge in [-0.05, 0) is 12.5 Å². The minimum atomic E-state index is 0.0820. The molecule has 1 aliphatic rings. The number of pyridine rings is 1. The van der Waals surface area contributed by atoms with E-state index in [9.17, 15) is 0 Å². The van der Waals surface area contributed by atoms with Crippen molar-refractivity contribution in [3.05, 3.63) is 29.7 Å². The molecule has 1 aromatic carbocycles. The molecule has 146 valence electrons. The fourth-order valence-electron chi connectivity index (χ4n) is 2.74. The van der Waals surface area contributed by atoms with Crippen LogP contribution >= 0.6 is 23.2 Å². The summed E-state index contributed by atoms with van der Waals surface area (Å²) in [6.45, 7) is 0.566. The number of hydrogen-bond acceptors (Lipinski definition) is 8. The molecule has 0 saturated carbocycles. The third kappa shape index (κ3) is 3.53. The molecule has 10 heteroatoms. The van der Waals surface area contributed by atoms with Crippen LogP contribution < -0.4 is 24.3 Å². The maximum Gasteiger partial charge on any atom is 0.262 e. The van der Waals surface area contributed by atoms with E-state index < -0.39 is 0 Å². The Morgan fingerprint density at radius 2 is 2.07 bits per heavy atom. The average Bonchev–Trinajstić information content (AvgIpc) is 3.19. The number of fused-ring (bicyclic) bond motifs is 2. The number of anilines is 2. The number of halogens is 2. The minimum absolute atomic E-state index is 0.0820. The highest BCUT2D eigenvalue weighted by Gasteiger charge is 2.23. The first kappa shape index (κ1) is 18.6. The van der Waals surface area contributed by atoms with E-state index in [0.717, 1.165) is 11.8 Å². The largest absolute Gasteiger partial charge is 0.493 e. The lowest BCUT2D eigenvalue weighted by Crippen LogP contribution is -2.02. The molecule has 2 aromatic heterocycles. The molecule has 1 aliphatic heterocycles. The molecule has 0 fully saturated rings. The molecular formula is C18H16Cl2N4O4. The van der Waals surface area contributed by atoms with Crippen LogP contribution in [-0.2, 0) is 0 Å². The number of alkyl halides is 1. The van der Waals surface area contributed by atoms with E-state index >= 15 is 0 Å². The second-order valence-electron chi connectivity index (χ2n) is 5.78. The number of hydrogen-bond donors (Lipinski definition) is 1. The number of aromatic nitrogens is 3. The van der Waals surface area contributed by atoms with E-state index in [1.807, 2.05) is 0 Å². The molecule has 0 unspecified atom stereocenters. The Morgan fingerprint density at radius 1 is 1.18 bits per heavy atom. The number of benzene rings is 1. The maximum absolute atomic E-state index is 6.30. The highest BCUT2D eigenvalue weighted by Crippen LogP contribution is 2.44. The molecule has 0 radical (unpaired) electrons. The summed E-state index contributed by atoms with van der Waals surface area (Å²) in [5.41, 5.74) is 1.20. The predicted octanol–water partition coefficient (Wildman–Crippen LogP) is 4.17. The second kappa shape index (κ2) is 8.12. The SMILES string of the molecule is COc1cc2c(Nc3c(Cl)cnc4c3OCO4)ncnc2cc1OCCCCl. The van der Waals surface area contributed by atoms with Crippen molar-refractivity contribution in [3.8, 4) is 23.1 Å². The molecule has 28 heavy (non-hydrogen) atoms. The minimum Gasteiger partial charge on any atom is -0.493 e. The number of methoxy groups -OCH3 is 1. The van der Waals surface area contributed by atoms with Crippen LogP contribution in [0.15, 0.2) is 24.7 Å². The molecule has 8 nitrogen and oxygen atoms in total. The van der Waals surface area contributed by atoms with E-state index in [4.69, 9.17) is 42.1 Å². The molecule has 4 rings (SSSR count). The van der Waals surface area contributed by atoms with Crippen LogP contribution in [0.25, 0.3) is 10.9 Å².